The molecule has 6 nitrogen and oxygen atoms in total. The van der Waals surface area contributed by atoms with E-state index in [1.165, 1.54) is 11.3 Å². The summed E-state index contributed by atoms with van der Waals surface area (Å²) in [5.74, 6) is 0.756. The van der Waals surface area contributed by atoms with E-state index in [9.17, 15) is 4.79 Å². The third-order valence-corrected chi connectivity index (χ3v) is 5.59. The van der Waals surface area contributed by atoms with E-state index in [-0.39, 0.29) is 17.7 Å². The zero-order valence-corrected chi connectivity index (χ0v) is 13.9. The zero-order valence-electron chi connectivity index (χ0n) is 13.1. The van der Waals surface area contributed by atoms with E-state index < -0.39 is 0 Å². The van der Waals surface area contributed by atoms with Crippen molar-refractivity contribution in [2.24, 2.45) is 5.73 Å². The van der Waals surface area contributed by atoms with Crippen LogP contribution in [0.5, 0.6) is 0 Å². The van der Waals surface area contributed by atoms with Crippen LogP contribution in [0.15, 0.2) is 16.2 Å². The number of anilines is 1. The van der Waals surface area contributed by atoms with E-state index in [2.05, 4.69) is 4.90 Å². The Morgan fingerprint density at radius 2 is 2.30 bits per heavy atom. The Morgan fingerprint density at radius 1 is 1.39 bits per heavy atom. The second-order valence-electron chi connectivity index (χ2n) is 6.45. The minimum Gasteiger partial charge on any atom is -0.376 e. The molecule has 0 spiro atoms. The van der Waals surface area contributed by atoms with Crippen molar-refractivity contribution < 1.29 is 4.74 Å². The fraction of sp³-hybridized carbons (Fsp3) is 0.625. The molecule has 2 aliphatic heterocycles. The van der Waals surface area contributed by atoms with Gasteiger partial charge in [0.25, 0.3) is 5.56 Å². The molecule has 2 unspecified atom stereocenters. The van der Waals surface area contributed by atoms with Crippen LogP contribution in [0.3, 0.4) is 0 Å². The first-order chi connectivity index (χ1) is 11.2. The average Bonchev–Trinajstić information content (AvgIpc) is 3.21. The van der Waals surface area contributed by atoms with Crippen molar-refractivity contribution in [3.63, 3.8) is 0 Å². The van der Waals surface area contributed by atoms with Gasteiger partial charge >= 0.3 is 0 Å². The van der Waals surface area contributed by atoms with Gasteiger partial charge in [-0.05, 0) is 37.1 Å². The fourth-order valence-corrected chi connectivity index (χ4v) is 4.30. The molecular formula is C16H22N4O2S. The third kappa shape index (κ3) is 2.88. The number of rotatable bonds is 3. The van der Waals surface area contributed by atoms with Crippen molar-refractivity contribution in [1.82, 2.24) is 9.55 Å². The number of nitrogens with zero attached hydrogens (tertiary/aromatic N) is 3. The highest BCUT2D eigenvalue weighted by Gasteiger charge is 2.25. The number of piperidine rings is 1. The molecule has 7 heteroatoms. The van der Waals surface area contributed by atoms with Crippen molar-refractivity contribution in [1.29, 1.82) is 0 Å². The predicted octanol–water partition coefficient (Wildman–Crippen LogP) is 1.56. The lowest BCUT2D eigenvalue weighted by molar-refractivity contribution is 0.0963. The molecule has 2 fully saturated rings. The minimum absolute atomic E-state index is 0.0506. The molecule has 2 aromatic heterocycles. The maximum Gasteiger partial charge on any atom is 0.272 e. The smallest absolute Gasteiger partial charge is 0.272 e. The van der Waals surface area contributed by atoms with Crippen LogP contribution in [0, 0.1) is 0 Å². The monoisotopic (exact) mass is 334 g/mol. The zero-order chi connectivity index (χ0) is 15.8. The largest absolute Gasteiger partial charge is 0.376 e. The molecule has 23 heavy (non-hydrogen) atoms. The highest BCUT2D eigenvalue weighted by atomic mass is 32.1. The van der Waals surface area contributed by atoms with Crippen molar-refractivity contribution in [2.45, 2.75) is 44.4 Å². The van der Waals surface area contributed by atoms with E-state index in [1.807, 2.05) is 16.0 Å². The van der Waals surface area contributed by atoms with Crippen LogP contribution in [0.1, 0.15) is 25.7 Å². The van der Waals surface area contributed by atoms with Crippen LogP contribution in [0.2, 0.25) is 0 Å². The number of aromatic nitrogens is 2. The molecule has 0 amide bonds. The maximum absolute atomic E-state index is 12.9. The van der Waals surface area contributed by atoms with Gasteiger partial charge in [-0.15, -0.1) is 11.3 Å². The third-order valence-electron chi connectivity index (χ3n) is 4.70. The lowest BCUT2D eigenvalue weighted by Gasteiger charge is -2.33. The SMILES string of the molecule is NC1CCCN(c2nc3ccsc3c(=O)n2CC2CCCO2)C1. The average molecular weight is 334 g/mol. The van der Waals surface area contributed by atoms with Gasteiger partial charge in [0.15, 0.2) is 0 Å². The summed E-state index contributed by atoms with van der Waals surface area (Å²) in [6, 6.07) is 2.07. The van der Waals surface area contributed by atoms with Gasteiger partial charge in [-0.1, -0.05) is 0 Å². The molecule has 2 aliphatic rings. The maximum atomic E-state index is 12.9. The second kappa shape index (κ2) is 6.22. The van der Waals surface area contributed by atoms with Gasteiger partial charge in [0, 0.05) is 25.7 Å². The number of nitrogens with two attached hydrogens (primary N) is 1. The predicted molar refractivity (Wildman–Crippen MR) is 92.3 cm³/mol. The molecule has 0 saturated carbocycles. The highest BCUT2D eigenvalue weighted by Crippen LogP contribution is 2.23. The van der Waals surface area contributed by atoms with E-state index >= 15 is 0 Å². The van der Waals surface area contributed by atoms with Gasteiger partial charge in [-0.25, -0.2) is 4.98 Å². The summed E-state index contributed by atoms with van der Waals surface area (Å²) >= 11 is 1.46. The summed E-state index contributed by atoms with van der Waals surface area (Å²) < 4.78 is 8.28. The number of ether oxygens (including phenoxy) is 1. The first-order valence-electron chi connectivity index (χ1n) is 8.32. The van der Waals surface area contributed by atoms with Crippen LogP contribution < -0.4 is 16.2 Å². The molecule has 2 aromatic rings. The Kier molecular flexibility index (Phi) is 4.09. The molecule has 0 aromatic carbocycles. The molecule has 124 valence electrons. The van der Waals surface area contributed by atoms with Crippen LogP contribution in [-0.2, 0) is 11.3 Å². The van der Waals surface area contributed by atoms with Gasteiger partial charge in [0.1, 0.15) is 4.70 Å². The Labute approximate surface area is 138 Å². The Bertz CT molecular complexity index is 750. The van der Waals surface area contributed by atoms with Crippen LogP contribution in [0.4, 0.5) is 5.95 Å². The summed E-state index contributed by atoms with van der Waals surface area (Å²) in [6.45, 7) is 3.04. The standard InChI is InChI=1S/C16H22N4O2S/c17-11-3-1-6-19(9-11)16-18-13-5-8-23-14(13)15(21)20(16)10-12-4-2-7-22-12/h5,8,11-12H,1-4,6-7,9-10,17H2. The van der Waals surface area contributed by atoms with Gasteiger partial charge in [-0.3, -0.25) is 9.36 Å². The molecule has 2 N–H and O–H groups in total. The van der Waals surface area contributed by atoms with Crippen LogP contribution in [0.25, 0.3) is 10.2 Å². The lowest BCUT2D eigenvalue weighted by Crippen LogP contribution is -2.45. The van der Waals surface area contributed by atoms with E-state index in [0.29, 0.717) is 6.54 Å². The quantitative estimate of drug-likeness (QED) is 0.922. The number of hydrogen-bond donors (Lipinski definition) is 1. The Balaban J connectivity index is 1.77. The number of fused-ring (bicyclic) bond motifs is 1. The lowest BCUT2D eigenvalue weighted by atomic mass is 10.1. The van der Waals surface area contributed by atoms with Gasteiger partial charge in [0.2, 0.25) is 5.95 Å². The van der Waals surface area contributed by atoms with Crippen LogP contribution >= 0.6 is 11.3 Å². The Morgan fingerprint density at radius 3 is 3.09 bits per heavy atom. The van der Waals surface area contributed by atoms with Gasteiger partial charge < -0.3 is 15.4 Å². The topological polar surface area (TPSA) is 73.4 Å². The van der Waals surface area contributed by atoms with E-state index in [0.717, 1.165) is 61.5 Å². The summed E-state index contributed by atoms with van der Waals surface area (Å²) in [5, 5.41) is 1.93. The number of hydrogen-bond acceptors (Lipinski definition) is 6. The molecule has 2 saturated heterocycles. The van der Waals surface area contributed by atoms with E-state index in [1.54, 1.807) is 0 Å². The summed E-state index contributed by atoms with van der Waals surface area (Å²) in [5.41, 5.74) is 6.97. The van der Waals surface area contributed by atoms with Crippen LogP contribution in [-0.4, -0.2) is 41.4 Å². The fourth-order valence-electron chi connectivity index (χ4n) is 3.52. The molecule has 0 bridgehead atoms. The highest BCUT2D eigenvalue weighted by molar-refractivity contribution is 7.17. The Hall–Kier alpha value is -1.44. The molecule has 0 radical (unpaired) electrons. The first-order valence-corrected chi connectivity index (χ1v) is 9.20. The normalized spacial score (nSPS) is 25.3. The molecule has 4 rings (SSSR count). The minimum atomic E-state index is 0.0506. The van der Waals surface area contributed by atoms with E-state index in [4.69, 9.17) is 15.5 Å². The first kappa shape index (κ1) is 15.1. The molecule has 4 heterocycles. The second-order valence-corrected chi connectivity index (χ2v) is 7.36. The van der Waals surface area contributed by atoms with Crippen molar-refractivity contribution in [2.75, 3.05) is 24.6 Å². The summed E-state index contributed by atoms with van der Waals surface area (Å²) in [6.07, 6.45) is 4.27. The van der Waals surface area contributed by atoms with Gasteiger partial charge in [0.05, 0.1) is 18.2 Å². The molecule has 0 aliphatic carbocycles. The molecular weight excluding hydrogens is 312 g/mol. The van der Waals surface area contributed by atoms with Crippen molar-refractivity contribution in [3.8, 4) is 0 Å². The van der Waals surface area contributed by atoms with Crippen molar-refractivity contribution in [3.05, 3.63) is 21.8 Å². The summed E-state index contributed by atoms with van der Waals surface area (Å²) in [4.78, 5) is 19.9. The summed E-state index contributed by atoms with van der Waals surface area (Å²) in [7, 11) is 0. The molecule has 2 atom stereocenters. The van der Waals surface area contributed by atoms with Crippen molar-refractivity contribution >= 4 is 27.5 Å². The van der Waals surface area contributed by atoms with Gasteiger partial charge in [-0.2, -0.15) is 0 Å². The number of thiophene rings is 1.